The lowest BCUT2D eigenvalue weighted by Gasteiger charge is -2.37. The van der Waals surface area contributed by atoms with Gasteiger partial charge in [0, 0.05) is 44.0 Å². The van der Waals surface area contributed by atoms with Crippen LogP contribution in [0.1, 0.15) is 28.8 Å². The molecule has 1 amide bonds. The first-order valence-corrected chi connectivity index (χ1v) is 8.84. The third-order valence-corrected chi connectivity index (χ3v) is 4.79. The number of aromatic nitrogens is 2. The number of nitrogens with zero attached hydrogens (tertiary/aromatic N) is 4. The number of hydrogen-bond donors (Lipinski definition) is 1. The van der Waals surface area contributed by atoms with E-state index in [1.165, 1.54) is 12.4 Å². The average molecular weight is 365 g/mol. The summed E-state index contributed by atoms with van der Waals surface area (Å²) < 4.78 is 11.4. The summed E-state index contributed by atoms with van der Waals surface area (Å²) >= 11 is 0. The zero-order chi connectivity index (χ0) is 18.7. The van der Waals surface area contributed by atoms with Crippen LogP contribution in [-0.4, -0.2) is 52.9 Å². The molecule has 8 heteroatoms. The summed E-state index contributed by atoms with van der Waals surface area (Å²) in [5.41, 5.74) is 1.80. The fourth-order valence-electron chi connectivity index (χ4n) is 3.28. The lowest BCUT2D eigenvalue weighted by molar-refractivity contribution is -0.181. The molecule has 138 valence electrons. The third-order valence-electron chi connectivity index (χ3n) is 4.79. The highest BCUT2D eigenvalue weighted by Crippen LogP contribution is 2.31. The second kappa shape index (κ2) is 7.31. The van der Waals surface area contributed by atoms with Gasteiger partial charge < -0.3 is 19.7 Å². The molecule has 1 spiro atoms. The summed E-state index contributed by atoms with van der Waals surface area (Å²) in [6.45, 7) is 2.42. The summed E-state index contributed by atoms with van der Waals surface area (Å²) in [4.78, 5) is 22.9. The highest BCUT2D eigenvalue weighted by atomic mass is 16.7. The number of benzene rings is 1. The molecule has 2 aliphatic heterocycles. The van der Waals surface area contributed by atoms with Crippen molar-refractivity contribution in [1.82, 2.24) is 14.9 Å². The van der Waals surface area contributed by atoms with Gasteiger partial charge in [-0.2, -0.15) is 5.26 Å². The van der Waals surface area contributed by atoms with Crippen molar-refractivity contribution in [1.29, 1.82) is 5.26 Å². The monoisotopic (exact) mass is 365 g/mol. The first kappa shape index (κ1) is 17.4. The SMILES string of the molecule is N#Cc1ccc(Nc2ncc(C(=O)N3CCC4(CC3)OCCO4)cn2)cc1. The Labute approximate surface area is 156 Å². The molecule has 0 atom stereocenters. The van der Waals surface area contributed by atoms with Gasteiger partial charge in [-0.15, -0.1) is 0 Å². The molecule has 3 heterocycles. The number of ether oxygens (including phenoxy) is 2. The van der Waals surface area contributed by atoms with Gasteiger partial charge in [-0.25, -0.2) is 9.97 Å². The second-order valence-electron chi connectivity index (χ2n) is 6.51. The number of carbonyl (C=O) groups excluding carboxylic acids is 1. The molecule has 0 aliphatic carbocycles. The second-order valence-corrected chi connectivity index (χ2v) is 6.51. The van der Waals surface area contributed by atoms with Gasteiger partial charge in [-0.1, -0.05) is 0 Å². The maximum atomic E-state index is 12.7. The van der Waals surface area contributed by atoms with Crippen LogP contribution in [0.3, 0.4) is 0 Å². The Morgan fingerprint density at radius 1 is 1.11 bits per heavy atom. The predicted octanol–water partition coefficient (Wildman–Crippen LogP) is 2.07. The zero-order valence-corrected chi connectivity index (χ0v) is 14.7. The van der Waals surface area contributed by atoms with E-state index in [0.29, 0.717) is 56.2 Å². The summed E-state index contributed by atoms with van der Waals surface area (Å²) in [5, 5.41) is 11.9. The largest absolute Gasteiger partial charge is 0.347 e. The number of nitrogens with one attached hydrogen (secondary N) is 1. The van der Waals surface area contributed by atoms with Gasteiger partial charge >= 0.3 is 0 Å². The molecule has 1 aromatic carbocycles. The van der Waals surface area contributed by atoms with Crippen molar-refractivity contribution in [3.63, 3.8) is 0 Å². The minimum absolute atomic E-state index is 0.0900. The molecule has 2 aromatic rings. The number of likely N-dealkylation sites (tertiary alicyclic amines) is 1. The van der Waals surface area contributed by atoms with Crippen molar-refractivity contribution < 1.29 is 14.3 Å². The maximum Gasteiger partial charge on any atom is 0.256 e. The van der Waals surface area contributed by atoms with Gasteiger partial charge in [0.1, 0.15) is 0 Å². The number of anilines is 2. The van der Waals surface area contributed by atoms with E-state index >= 15 is 0 Å². The van der Waals surface area contributed by atoms with Crippen LogP contribution in [0.15, 0.2) is 36.7 Å². The Hall–Kier alpha value is -3.02. The Morgan fingerprint density at radius 2 is 1.74 bits per heavy atom. The summed E-state index contributed by atoms with van der Waals surface area (Å²) in [5.74, 6) is -0.198. The van der Waals surface area contributed by atoms with E-state index < -0.39 is 5.79 Å². The average Bonchev–Trinajstić information content (AvgIpc) is 3.17. The fraction of sp³-hybridized carbons (Fsp3) is 0.368. The molecule has 1 N–H and O–H groups in total. The number of piperidine rings is 1. The molecule has 27 heavy (non-hydrogen) atoms. The Balaban J connectivity index is 1.37. The van der Waals surface area contributed by atoms with Gasteiger partial charge in [0.05, 0.1) is 30.4 Å². The highest BCUT2D eigenvalue weighted by molar-refractivity contribution is 5.93. The first-order valence-electron chi connectivity index (χ1n) is 8.84. The van der Waals surface area contributed by atoms with Gasteiger partial charge in [-0.3, -0.25) is 4.79 Å². The number of hydrogen-bond acceptors (Lipinski definition) is 7. The predicted molar refractivity (Wildman–Crippen MR) is 96.2 cm³/mol. The van der Waals surface area contributed by atoms with Crippen LogP contribution in [0.2, 0.25) is 0 Å². The molecule has 0 bridgehead atoms. The van der Waals surface area contributed by atoms with Crippen molar-refractivity contribution in [2.75, 3.05) is 31.6 Å². The van der Waals surface area contributed by atoms with Gasteiger partial charge in [0.2, 0.25) is 5.95 Å². The van der Waals surface area contributed by atoms with E-state index in [2.05, 4.69) is 21.4 Å². The van der Waals surface area contributed by atoms with Crippen molar-refractivity contribution in [2.24, 2.45) is 0 Å². The van der Waals surface area contributed by atoms with E-state index in [-0.39, 0.29) is 5.91 Å². The molecule has 8 nitrogen and oxygen atoms in total. The van der Waals surface area contributed by atoms with E-state index in [9.17, 15) is 4.79 Å². The van der Waals surface area contributed by atoms with Crippen LogP contribution in [0, 0.1) is 11.3 Å². The molecular weight excluding hydrogens is 346 g/mol. The summed E-state index contributed by atoms with van der Waals surface area (Å²) in [6.07, 6.45) is 4.40. The van der Waals surface area contributed by atoms with E-state index in [0.717, 1.165) is 5.69 Å². The van der Waals surface area contributed by atoms with Crippen LogP contribution < -0.4 is 5.32 Å². The minimum Gasteiger partial charge on any atom is -0.347 e. The van der Waals surface area contributed by atoms with Crippen molar-refractivity contribution in [2.45, 2.75) is 18.6 Å². The zero-order valence-electron chi connectivity index (χ0n) is 14.7. The van der Waals surface area contributed by atoms with E-state index in [1.807, 2.05) is 0 Å². The van der Waals surface area contributed by atoms with Crippen LogP contribution in [0.5, 0.6) is 0 Å². The van der Waals surface area contributed by atoms with Crippen molar-refractivity contribution in [3.8, 4) is 6.07 Å². The van der Waals surface area contributed by atoms with Gasteiger partial charge in [0.25, 0.3) is 5.91 Å². The maximum absolute atomic E-state index is 12.7. The topological polar surface area (TPSA) is 100 Å². The smallest absolute Gasteiger partial charge is 0.256 e. The molecule has 0 unspecified atom stereocenters. The molecule has 0 saturated carbocycles. The number of rotatable bonds is 3. The Bertz CT molecular complexity index is 844. The minimum atomic E-state index is -0.498. The van der Waals surface area contributed by atoms with Crippen molar-refractivity contribution >= 4 is 17.5 Å². The number of carbonyl (C=O) groups is 1. The van der Waals surface area contributed by atoms with E-state index in [4.69, 9.17) is 14.7 Å². The van der Waals surface area contributed by atoms with Crippen LogP contribution in [-0.2, 0) is 9.47 Å². The van der Waals surface area contributed by atoms with E-state index in [1.54, 1.807) is 29.2 Å². The third kappa shape index (κ3) is 3.74. The molecule has 4 rings (SSSR count). The van der Waals surface area contributed by atoms with Gasteiger partial charge in [0.15, 0.2) is 5.79 Å². The summed E-state index contributed by atoms with van der Waals surface area (Å²) in [7, 11) is 0. The fourth-order valence-corrected chi connectivity index (χ4v) is 3.28. The molecule has 1 aromatic heterocycles. The van der Waals surface area contributed by atoms with Crippen LogP contribution in [0.25, 0.3) is 0 Å². The first-order chi connectivity index (χ1) is 13.2. The van der Waals surface area contributed by atoms with Crippen LogP contribution >= 0.6 is 0 Å². The normalized spacial score (nSPS) is 18.3. The molecule has 2 aliphatic rings. The van der Waals surface area contributed by atoms with Crippen LogP contribution in [0.4, 0.5) is 11.6 Å². The van der Waals surface area contributed by atoms with Gasteiger partial charge in [-0.05, 0) is 24.3 Å². The highest BCUT2D eigenvalue weighted by Gasteiger charge is 2.40. The lowest BCUT2D eigenvalue weighted by atomic mass is 10.0. The lowest BCUT2D eigenvalue weighted by Crippen LogP contribution is -2.47. The Morgan fingerprint density at radius 3 is 2.33 bits per heavy atom. The molecule has 2 fully saturated rings. The molecule has 2 saturated heterocycles. The molecule has 0 radical (unpaired) electrons. The number of nitriles is 1. The summed E-state index contributed by atoms with van der Waals surface area (Å²) in [6, 6.07) is 9.04. The Kier molecular flexibility index (Phi) is 4.71. The van der Waals surface area contributed by atoms with Crippen molar-refractivity contribution in [3.05, 3.63) is 47.8 Å². The number of amides is 1. The quantitative estimate of drug-likeness (QED) is 0.888. The molecular formula is C19H19N5O3. The standard InChI is InChI=1S/C19H19N5O3/c20-11-14-1-3-16(4-2-14)23-18-21-12-15(13-22-18)17(25)24-7-5-19(6-8-24)26-9-10-27-19/h1-4,12-13H,5-10H2,(H,21,22,23).